The summed E-state index contributed by atoms with van der Waals surface area (Å²) in [6.45, 7) is 15.3. The van der Waals surface area contributed by atoms with E-state index in [1.54, 1.807) is 6.92 Å². The summed E-state index contributed by atoms with van der Waals surface area (Å²) in [6, 6.07) is 0.205. The minimum absolute atomic E-state index is 0.0927. The molecule has 0 aromatic carbocycles. The first-order valence-corrected chi connectivity index (χ1v) is 10.5. The van der Waals surface area contributed by atoms with Crippen molar-refractivity contribution in [1.29, 1.82) is 0 Å². The van der Waals surface area contributed by atoms with Crippen LogP contribution in [0.4, 0.5) is 0 Å². The Morgan fingerprint density at radius 1 is 1.15 bits per heavy atom. The first kappa shape index (κ1) is 22.1. The third kappa shape index (κ3) is 6.73. The van der Waals surface area contributed by atoms with Gasteiger partial charge in [-0.3, -0.25) is 9.59 Å². The molecule has 0 aromatic rings. The van der Waals surface area contributed by atoms with Crippen molar-refractivity contribution in [2.75, 3.05) is 59.0 Å². The van der Waals surface area contributed by atoms with E-state index >= 15 is 0 Å². The van der Waals surface area contributed by atoms with Crippen LogP contribution < -0.4 is 5.32 Å². The number of hydrogen-bond donors (Lipinski definition) is 1. The third-order valence-corrected chi connectivity index (χ3v) is 5.83. The Balaban J connectivity index is 1.71. The summed E-state index contributed by atoms with van der Waals surface area (Å²) < 4.78 is 5.43. The molecule has 2 aliphatic heterocycles. The van der Waals surface area contributed by atoms with E-state index in [4.69, 9.17) is 4.74 Å². The predicted molar refractivity (Wildman–Crippen MR) is 107 cm³/mol. The molecule has 0 aliphatic carbocycles. The number of nitrogens with one attached hydrogen (secondary N) is 1. The Morgan fingerprint density at radius 2 is 1.81 bits per heavy atom. The molecule has 0 unspecified atom stereocenters. The van der Waals surface area contributed by atoms with Crippen molar-refractivity contribution in [1.82, 2.24) is 20.0 Å². The van der Waals surface area contributed by atoms with Gasteiger partial charge in [-0.15, -0.1) is 0 Å². The fourth-order valence-electron chi connectivity index (χ4n) is 4.13. The van der Waals surface area contributed by atoms with Crippen LogP contribution in [0, 0.1) is 5.92 Å². The quantitative estimate of drug-likeness (QED) is 0.629. The first-order valence-electron chi connectivity index (χ1n) is 10.5. The summed E-state index contributed by atoms with van der Waals surface area (Å²) in [5, 5.41) is 3.57. The lowest BCUT2D eigenvalue weighted by atomic mass is 9.93. The standard InChI is InChI=1S/C20H38N4O3/c1-5-27-14-6-8-22-9-7-19(16(2)15-22)21-17(3)20(26)24-12-10-23(11-13-24)18(4)25/h16-17,19,21H,5-15H2,1-4H3/t16-,17+,19-/m0/s1. The molecule has 2 aliphatic rings. The van der Waals surface area contributed by atoms with Gasteiger partial charge in [-0.2, -0.15) is 0 Å². The molecular weight excluding hydrogens is 344 g/mol. The van der Waals surface area contributed by atoms with Crippen LogP contribution in [0.5, 0.6) is 0 Å². The molecule has 2 fully saturated rings. The summed E-state index contributed by atoms with van der Waals surface area (Å²) >= 11 is 0. The maximum absolute atomic E-state index is 12.8. The molecule has 0 bridgehead atoms. The molecule has 1 N–H and O–H groups in total. The number of piperidine rings is 1. The van der Waals surface area contributed by atoms with Crippen LogP contribution in [0.25, 0.3) is 0 Å². The number of piperazine rings is 1. The Hall–Kier alpha value is -1.18. The number of hydrogen-bond acceptors (Lipinski definition) is 5. The number of carbonyl (C=O) groups excluding carboxylic acids is 2. The molecule has 2 heterocycles. The van der Waals surface area contributed by atoms with E-state index in [1.807, 2.05) is 23.6 Å². The van der Waals surface area contributed by atoms with E-state index in [1.165, 1.54) is 0 Å². The van der Waals surface area contributed by atoms with Gasteiger partial charge < -0.3 is 24.8 Å². The fraction of sp³-hybridized carbons (Fsp3) is 0.900. The molecule has 2 amide bonds. The zero-order chi connectivity index (χ0) is 19.8. The van der Waals surface area contributed by atoms with Crippen LogP contribution in [0.3, 0.4) is 0 Å². The summed E-state index contributed by atoms with van der Waals surface area (Å²) in [7, 11) is 0. The van der Waals surface area contributed by atoms with Crippen molar-refractivity contribution in [3.8, 4) is 0 Å². The van der Waals surface area contributed by atoms with Crippen LogP contribution >= 0.6 is 0 Å². The number of amides is 2. The number of nitrogens with zero attached hydrogens (tertiary/aromatic N) is 3. The topological polar surface area (TPSA) is 65.1 Å². The second-order valence-electron chi connectivity index (χ2n) is 7.94. The van der Waals surface area contributed by atoms with Crippen molar-refractivity contribution >= 4 is 11.8 Å². The predicted octanol–water partition coefficient (Wildman–Crippen LogP) is 0.792. The molecule has 2 rings (SSSR count). The monoisotopic (exact) mass is 382 g/mol. The molecule has 0 spiro atoms. The second-order valence-corrected chi connectivity index (χ2v) is 7.94. The van der Waals surface area contributed by atoms with E-state index < -0.39 is 0 Å². The molecule has 0 aromatic heterocycles. The summed E-state index contributed by atoms with van der Waals surface area (Å²) in [4.78, 5) is 30.4. The van der Waals surface area contributed by atoms with Gasteiger partial charge in [0.15, 0.2) is 0 Å². The van der Waals surface area contributed by atoms with Gasteiger partial charge in [0.1, 0.15) is 0 Å². The van der Waals surface area contributed by atoms with Crippen LogP contribution in [-0.2, 0) is 14.3 Å². The van der Waals surface area contributed by atoms with Crippen molar-refractivity contribution in [2.24, 2.45) is 5.92 Å². The molecule has 7 heteroatoms. The second kappa shape index (κ2) is 11.0. The average Bonchev–Trinajstić information content (AvgIpc) is 2.66. The van der Waals surface area contributed by atoms with E-state index in [2.05, 4.69) is 17.1 Å². The molecule has 156 valence electrons. The smallest absolute Gasteiger partial charge is 0.239 e. The van der Waals surface area contributed by atoms with E-state index in [9.17, 15) is 9.59 Å². The lowest BCUT2D eigenvalue weighted by Gasteiger charge is -2.40. The average molecular weight is 383 g/mol. The highest BCUT2D eigenvalue weighted by Crippen LogP contribution is 2.18. The molecular formula is C20H38N4O3. The summed E-state index contributed by atoms with van der Waals surface area (Å²) in [6.07, 6.45) is 2.16. The number of likely N-dealkylation sites (tertiary alicyclic amines) is 1. The lowest BCUT2D eigenvalue weighted by Crippen LogP contribution is -2.57. The van der Waals surface area contributed by atoms with Crippen molar-refractivity contribution < 1.29 is 14.3 Å². The van der Waals surface area contributed by atoms with Gasteiger partial charge in [0.05, 0.1) is 6.04 Å². The highest BCUT2D eigenvalue weighted by molar-refractivity contribution is 5.82. The van der Waals surface area contributed by atoms with Gasteiger partial charge in [-0.05, 0) is 39.2 Å². The Morgan fingerprint density at radius 3 is 2.41 bits per heavy atom. The maximum Gasteiger partial charge on any atom is 0.239 e. The third-order valence-electron chi connectivity index (χ3n) is 5.83. The van der Waals surface area contributed by atoms with Crippen molar-refractivity contribution in [3.05, 3.63) is 0 Å². The minimum atomic E-state index is -0.175. The van der Waals surface area contributed by atoms with Crippen molar-refractivity contribution in [3.63, 3.8) is 0 Å². The lowest BCUT2D eigenvalue weighted by molar-refractivity contribution is -0.139. The van der Waals surface area contributed by atoms with Crippen LogP contribution in [0.1, 0.15) is 40.5 Å². The van der Waals surface area contributed by atoms with Gasteiger partial charge in [0.2, 0.25) is 11.8 Å². The molecule has 0 radical (unpaired) electrons. The normalized spacial score (nSPS) is 25.5. The Labute approximate surface area is 164 Å². The van der Waals surface area contributed by atoms with Crippen LogP contribution in [0.15, 0.2) is 0 Å². The van der Waals surface area contributed by atoms with Crippen LogP contribution in [-0.4, -0.2) is 97.6 Å². The number of rotatable bonds is 8. The molecule has 3 atom stereocenters. The molecule has 27 heavy (non-hydrogen) atoms. The first-order chi connectivity index (χ1) is 12.9. The van der Waals surface area contributed by atoms with Crippen molar-refractivity contribution in [2.45, 2.75) is 52.6 Å². The van der Waals surface area contributed by atoms with E-state index in [0.717, 1.165) is 45.7 Å². The number of ether oxygens (including phenoxy) is 1. The zero-order valence-corrected chi connectivity index (χ0v) is 17.6. The molecule has 2 saturated heterocycles. The van der Waals surface area contributed by atoms with Gasteiger partial charge >= 0.3 is 0 Å². The van der Waals surface area contributed by atoms with Gasteiger partial charge in [0, 0.05) is 65.4 Å². The highest BCUT2D eigenvalue weighted by atomic mass is 16.5. The largest absolute Gasteiger partial charge is 0.382 e. The molecule has 7 nitrogen and oxygen atoms in total. The zero-order valence-electron chi connectivity index (χ0n) is 17.6. The number of carbonyl (C=O) groups is 2. The maximum atomic E-state index is 12.8. The molecule has 0 saturated carbocycles. The van der Waals surface area contributed by atoms with Gasteiger partial charge in [-0.1, -0.05) is 6.92 Å². The minimum Gasteiger partial charge on any atom is -0.382 e. The van der Waals surface area contributed by atoms with E-state index in [-0.39, 0.29) is 17.9 Å². The summed E-state index contributed by atoms with van der Waals surface area (Å²) in [5.74, 6) is 0.773. The van der Waals surface area contributed by atoms with E-state index in [0.29, 0.717) is 38.1 Å². The van der Waals surface area contributed by atoms with Gasteiger partial charge in [0.25, 0.3) is 0 Å². The van der Waals surface area contributed by atoms with Gasteiger partial charge in [-0.25, -0.2) is 0 Å². The summed E-state index contributed by atoms with van der Waals surface area (Å²) in [5.41, 5.74) is 0. The fourth-order valence-corrected chi connectivity index (χ4v) is 4.13. The van der Waals surface area contributed by atoms with Crippen LogP contribution in [0.2, 0.25) is 0 Å². The Kier molecular flexibility index (Phi) is 8.99. The highest BCUT2D eigenvalue weighted by Gasteiger charge is 2.31. The Bertz CT molecular complexity index is 480. The SMILES string of the molecule is CCOCCCN1CC[C@H](N[C@H](C)C(=O)N2CCN(C(C)=O)CC2)[C@@H](C)C1.